The smallest absolute Gasteiger partial charge is 0.328 e. The Morgan fingerprint density at radius 2 is 2.18 bits per heavy atom. The molecule has 2 unspecified atom stereocenters. The van der Waals surface area contributed by atoms with Crippen molar-refractivity contribution in [2.45, 2.75) is 19.1 Å². The number of rotatable bonds is 8. The molecule has 0 fully saturated rings. The van der Waals surface area contributed by atoms with Crippen LogP contribution in [-0.2, 0) is 4.79 Å². The molecule has 0 aliphatic rings. The van der Waals surface area contributed by atoms with E-state index in [9.17, 15) is 9.59 Å². The fourth-order valence-corrected chi connectivity index (χ4v) is 1.56. The summed E-state index contributed by atoms with van der Waals surface area (Å²) < 4.78 is 0. The Morgan fingerprint density at radius 3 is 2.65 bits per heavy atom. The van der Waals surface area contributed by atoms with Crippen LogP contribution in [0.1, 0.15) is 6.92 Å². The molecule has 0 aromatic rings. The molecule has 0 aromatic heterocycles. The standard InChI is InChI=1S/C10H18N2O4S/c1-3-5-17-6-4-11-10(16)12-8(7(2)13)9(14)15/h3,7-8,13H,1,4-6H2,2H3,(H,14,15)(H2,11,12,16). The SMILES string of the molecule is C=CCSCCNC(=O)NC(C(=O)O)C(C)O. The third kappa shape index (κ3) is 7.64. The molecule has 2 atom stereocenters. The second-order valence-electron chi connectivity index (χ2n) is 3.32. The van der Waals surface area contributed by atoms with Crippen molar-refractivity contribution in [2.24, 2.45) is 0 Å². The zero-order valence-electron chi connectivity index (χ0n) is 9.68. The predicted octanol–water partition coefficient (Wildman–Crippen LogP) is 0.0388. The minimum absolute atomic E-state index is 0.427. The minimum atomic E-state index is -1.30. The fraction of sp³-hybridized carbons (Fsp3) is 0.600. The first-order chi connectivity index (χ1) is 7.99. The van der Waals surface area contributed by atoms with Crippen molar-refractivity contribution in [2.75, 3.05) is 18.1 Å². The summed E-state index contributed by atoms with van der Waals surface area (Å²) >= 11 is 1.60. The number of carbonyl (C=O) groups is 2. The van der Waals surface area contributed by atoms with Gasteiger partial charge in [0.15, 0.2) is 6.04 Å². The van der Waals surface area contributed by atoms with Crippen molar-refractivity contribution in [1.29, 1.82) is 0 Å². The first-order valence-corrected chi connectivity index (χ1v) is 6.28. The lowest BCUT2D eigenvalue weighted by Crippen LogP contribution is -2.51. The molecule has 6 nitrogen and oxygen atoms in total. The first-order valence-electron chi connectivity index (χ1n) is 5.13. The average Bonchev–Trinajstić information content (AvgIpc) is 2.24. The monoisotopic (exact) mass is 262 g/mol. The number of carbonyl (C=O) groups excluding carboxylic acids is 1. The van der Waals surface area contributed by atoms with Gasteiger partial charge < -0.3 is 20.8 Å². The van der Waals surface area contributed by atoms with Gasteiger partial charge in [-0.1, -0.05) is 6.08 Å². The van der Waals surface area contributed by atoms with Crippen LogP contribution >= 0.6 is 11.8 Å². The van der Waals surface area contributed by atoms with Crippen molar-refractivity contribution < 1.29 is 19.8 Å². The first kappa shape index (κ1) is 15.8. The van der Waals surface area contributed by atoms with Crippen molar-refractivity contribution in [3.05, 3.63) is 12.7 Å². The lowest BCUT2D eigenvalue weighted by Gasteiger charge is -2.17. The maximum absolute atomic E-state index is 11.3. The van der Waals surface area contributed by atoms with Crippen LogP contribution in [0.2, 0.25) is 0 Å². The van der Waals surface area contributed by atoms with E-state index in [0.717, 1.165) is 5.75 Å². The molecule has 2 amide bonds. The van der Waals surface area contributed by atoms with E-state index in [1.54, 1.807) is 17.8 Å². The van der Waals surface area contributed by atoms with Gasteiger partial charge in [0.1, 0.15) is 0 Å². The van der Waals surface area contributed by atoms with Gasteiger partial charge in [0, 0.05) is 18.1 Å². The summed E-state index contributed by atoms with van der Waals surface area (Å²) in [5.41, 5.74) is 0. The lowest BCUT2D eigenvalue weighted by molar-refractivity contribution is -0.141. The van der Waals surface area contributed by atoms with Crippen LogP contribution in [0.15, 0.2) is 12.7 Å². The zero-order valence-corrected chi connectivity index (χ0v) is 10.5. The lowest BCUT2D eigenvalue weighted by atomic mass is 10.2. The van der Waals surface area contributed by atoms with Crippen molar-refractivity contribution in [3.8, 4) is 0 Å². The Bertz CT molecular complexity index is 271. The molecule has 0 aliphatic carbocycles. The normalized spacial score (nSPS) is 13.5. The van der Waals surface area contributed by atoms with Gasteiger partial charge >= 0.3 is 12.0 Å². The summed E-state index contributed by atoms with van der Waals surface area (Å²) in [4.78, 5) is 21.9. The molecule has 0 spiro atoms. The summed E-state index contributed by atoms with van der Waals surface area (Å²) in [6.45, 7) is 5.29. The third-order valence-electron chi connectivity index (χ3n) is 1.80. The van der Waals surface area contributed by atoms with Crippen molar-refractivity contribution >= 4 is 23.8 Å². The average molecular weight is 262 g/mol. The molecule has 0 radical (unpaired) electrons. The van der Waals surface area contributed by atoms with Gasteiger partial charge in [-0.3, -0.25) is 0 Å². The van der Waals surface area contributed by atoms with Crippen LogP contribution in [0, 0.1) is 0 Å². The van der Waals surface area contributed by atoms with Crippen LogP contribution in [0.3, 0.4) is 0 Å². The molecule has 0 heterocycles. The van der Waals surface area contributed by atoms with E-state index in [4.69, 9.17) is 10.2 Å². The van der Waals surface area contributed by atoms with E-state index in [1.807, 2.05) is 0 Å². The molecule has 17 heavy (non-hydrogen) atoms. The maximum atomic E-state index is 11.3. The highest BCUT2D eigenvalue weighted by Crippen LogP contribution is 1.97. The van der Waals surface area contributed by atoms with E-state index in [-0.39, 0.29) is 0 Å². The highest BCUT2D eigenvalue weighted by Gasteiger charge is 2.24. The third-order valence-corrected chi connectivity index (χ3v) is 2.77. The maximum Gasteiger partial charge on any atom is 0.328 e. The number of hydrogen-bond acceptors (Lipinski definition) is 4. The molecule has 0 rings (SSSR count). The summed E-state index contributed by atoms with van der Waals surface area (Å²) in [6.07, 6.45) is 0.618. The second-order valence-corrected chi connectivity index (χ2v) is 4.47. The summed E-state index contributed by atoms with van der Waals surface area (Å²) in [5.74, 6) is 0.247. The van der Waals surface area contributed by atoms with Gasteiger partial charge in [0.25, 0.3) is 0 Å². The molecule has 98 valence electrons. The fourth-order valence-electron chi connectivity index (χ4n) is 0.984. The molecule has 0 aliphatic heterocycles. The summed E-state index contributed by atoms with van der Waals surface area (Å²) in [5, 5.41) is 22.5. The molecular weight excluding hydrogens is 244 g/mol. The van der Waals surface area contributed by atoms with Crippen LogP contribution in [-0.4, -0.2) is 52.4 Å². The van der Waals surface area contributed by atoms with Gasteiger partial charge in [-0.25, -0.2) is 9.59 Å². The van der Waals surface area contributed by atoms with Gasteiger partial charge in [0.2, 0.25) is 0 Å². The predicted molar refractivity (Wildman–Crippen MR) is 67.2 cm³/mol. The Kier molecular flexibility index (Phi) is 8.25. The van der Waals surface area contributed by atoms with Gasteiger partial charge in [-0.2, -0.15) is 11.8 Å². The number of aliphatic carboxylic acids is 1. The van der Waals surface area contributed by atoms with E-state index in [1.165, 1.54) is 6.92 Å². The highest BCUT2D eigenvalue weighted by molar-refractivity contribution is 7.99. The summed E-state index contributed by atoms with van der Waals surface area (Å²) in [6, 6.07) is -1.90. The minimum Gasteiger partial charge on any atom is -0.480 e. The van der Waals surface area contributed by atoms with Crippen LogP contribution < -0.4 is 10.6 Å². The van der Waals surface area contributed by atoms with Gasteiger partial charge in [-0.15, -0.1) is 6.58 Å². The molecule has 7 heteroatoms. The van der Waals surface area contributed by atoms with Crippen LogP contribution in [0.5, 0.6) is 0 Å². The number of nitrogens with one attached hydrogen (secondary N) is 2. The molecule has 4 N–H and O–H groups in total. The van der Waals surface area contributed by atoms with Crippen LogP contribution in [0.4, 0.5) is 4.79 Å². The molecule has 0 bridgehead atoms. The van der Waals surface area contributed by atoms with E-state index >= 15 is 0 Å². The highest BCUT2D eigenvalue weighted by atomic mass is 32.2. The van der Waals surface area contributed by atoms with Gasteiger partial charge in [0.05, 0.1) is 6.10 Å². The Hall–Kier alpha value is -1.21. The van der Waals surface area contributed by atoms with Crippen LogP contribution in [0.25, 0.3) is 0 Å². The molecular formula is C10H18N2O4S. The number of carboxylic acids is 1. The Labute approximate surface area is 104 Å². The summed E-state index contributed by atoms with van der Waals surface area (Å²) in [7, 11) is 0. The Morgan fingerprint density at radius 1 is 1.53 bits per heavy atom. The largest absolute Gasteiger partial charge is 0.480 e. The number of aliphatic hydroxyl groups is 1. The van der Waals surface area contributed by atoms with E-state index < -0.39 is 24.1 Å². The quantitative estimate of drug-likeness (QED) is 0.366. The molecule has 0 aromatic carbocycles. The van der Waals surface area contributed by atoms with Crippen molar-refractivity contribution in [1.82, 2.24) is 10.6 Å². The molecule has 0 saturated heterocycles. The van der Waals surface area contributed by atoms with Gasteiger partial charge in [-0.05, 0) is 6.92 Å². The number of carboxylic acid groups (broad SMARTS) is 1. The van der Waals surface area contributed by atoms with Crippen molar-refractivity contribution in [3.63, 3.8) is 0 Å². The number of hydrogen-bond donors (Lipinski definition) is 4. The molecule has 0 saturated carbocycles. The Balaban J connectivity index is 3.83. The zero-order chi connectivity index (χ0) is 13.3. The van der Waals surface area contributed by atoms with E-state index in [2.05, 4.69) is 17.2 Å². The number of thioether (sulfide) groups is 1. The number of aliphatic hydroxyl groups excluding tert-OH is 1. The number of amides is 2. The number of urea groups is 1. The topological polar surface area (TPSA) is 98.7 Å². The second kappa shape index (κ2) is 8.89. The van der Waals surface area contributed by atoms with E-state index in [0.29, 0.717) is 12.3 Å².